The standard InChI is InChI=1S/C19H27ClN2O2/c1-4-24-15-11-19(21,17(15,2)3)16(23)22-12-18(9-10-18)13-5-7-14(20)8-6-13/h5-8,15H,4,9-12,21H2,1-3H3,(H,22,23). The molecule has 2 atom stereocenters. The summed E-state index contributed by atoms with van der Waals surface area (Å²) in [5, 5.41) is 3.84. The lowest BCUT2D eigenvalue weighted by molar-refractivity contribution is -0.170. The number of carbonyl (C=O) groups is 1. The average molecular weight is 351 g/mol. The third kappa shape index (κ3) is 2.75. The maximum atomic E-state index is 12.8. The van der Waals surface area contributed by atoms with Gasteiger partial charge in [0.05, 0.1) is 6.10 Å². The number of nitrogens with one attached hydrogen (secondary N) is 1. The first-order valence-corrected chi connectivity index (χ1v) is 9.08. The first kappa shape index (κ1) is 17.7. The fraction of sp³-hybridized carbons (Fsp3) is 0.632. The van der Waals surface area contributed by atoms with Crippen LogP contribution in [0.3, 0.4) is 0 Å². The molecule has 2 unspecified atom stereocenters. The van der Waals surface area contributed by atoms with Crippen LogP contribution in [0.25, 0.3) is 0 Å². The lowest BCUT2D eigenvalue weighted by Crippen LogP contribution is -2.76. The highest BCUT2D eigenvalue weighted by Crippen LogP contribution is 2.51. The van der Waals surface area contributed by atoms with E-state index in [4.69, 9.17) is 22.1 Å². The zero-order chi connectivity index (χ0) is 17.6. The highest BCUT2D eigenvalue weighted by Gasteiger charge is 2.63. The maximum absolute atomic E-state index is 12.8. The lowest BCUT2D eigenvalue weighted by Gasteiger charge is -2.57. The second kappa shape index (κ2) is 6.01. The predicted octanol–water partition coefficient (Wildman–Crippen LogP) is 3.02. The molecule has 0 bridgehead atoms. The van der Waals surface area contributed by atoms with Crippen molar-refractivity contribution in [3.63, 3.8) is 0 Å². The predicted molar refractivity (Wildman–Crippen MR) is 96.1 cm³/mol. The summed E-state index contributed by atoms with van der Waals surface area (Å²) < 4.78 is 5.70. The van der Waals surface area contributed by atoms with Crippen molar-refractivity contribution in [3.8, 4) is 0 Å². The molecule has 0 heterocycles. The highest BCUT2D eigenvalue weighted by atomic mass is 35.5. The van der Waals surface area contributed by atoms with Gasteiger partial charge in [-0.05, 0) is 37.5 Å². The molecule has 132 valence electrons. The number of hydrogen-bond donors (Lipinski definition) is 2. The van der Waals surface area contributed by atoms with Crippen LogP contribution in [0, 0.1) is 5.41 Å². The van der Waals surface area contributed by atoms with E-state index in [9.17, 15) is 4.79 Å². The van der Waals surface area contributed by atoms with Gasteiger partial charge < -0.3 is 15.8 Å². The molecular weight excluding hydrogens is 324 g/mol. The van der Waals surface area contributed by atoms with Crippen molar-refractivity contribution < 1.29 is 9.53 Å². The molecule has 2 saturated carbocycles. The molecule has 3 rings (SSSR count). The van der Waals surface area contributed by atoms with Crippen LogP contribution in [-0.4, -0.2) is 30.7 Å². The second-order valence-electron chi connectivity index (χ2n) is 7.81. The van der Waals surface area contributed by atoms with Crippen molar-refractivity contribution >= 4 is 17.5 Å². The van der Waals surface area contributed by atoms with Gasteiger partial charge in [-0.15, -0.1) is 0 Å². The zero-order valence-corrected chi connectivity index (χ0v) is 15.5. The summed E-state index contributed by atoms with van der Waals surface area (Å²) in [5.41, 5.74) is 6.51. The van der Waals surface area contributed by atoms with Crippen LogP contribution in [0.4, 0.5) is 0 Å². The molecule has 2 fully saturated rings. The van der Waals surface area contributed by atoms with E-state index in [1.54, 1.807) is 0 Å². The van der Waals surface area contributed by atoms with Crippen molar-refractivity contribution in [1.82, 2.24) is 5.32 Å². The monoisotopic (exact) mass is 350 g/mol. The van der Waals surface area contributed by atoms with Gasteiger partial charge in [-0.3, -0.25) is 4.79 Å². The summed E-state index contributed by atoms with van der Waals surface area (Å²) in [6, 6.07) is 7.92. The Bertz CT molecular complexity index is 625. The van der Waals surface area contributed by atoms with E-state index in [-0.39, 0.29) is 22.8 Å². The quantitative estimate of drug-likeness (QED) is 0.828. The second-order valence-corrected chi connectivity index (χ2v) is 8.25. The fourth-order valence-electron chi connectivity index (χ4n) is 3.75. The van der Waals surface area contributed by atoms with Crippen LogP contribution in [0.1, 0.15) is 45.6 Å². The summed E-state index contributed by atoms with van der Waals surface area (Å²) in [6.45, 7) is 7.27. The Morgan fingerprint density at radius 2 is 1.96 bits per heavy atom. The van der Waals surface area contributed by atoms with Gasteiger partial charge in [-0.25, -0.2) is 0 Å². The molecule has 0 aromatic heterocycles. The first-order chi connectivity index (χ1) is 11.2. The summed E-state index contributed by atoms with van der Waals surface area (Å²) in [4.78, 5) is 12.8. The molecule has 1 aromatic carbocycles. The van der Waals surface area contributed by atoms with E-state index >= 15 is 0 Å². The fourth-order valence-corrected chi connectivity index (χ4v) is 3.88. The largest absolute Gasteiger partial charge is 0.378 e. The molecule has 0 radical (unpaired) electrons. The highest BCUT2D eigenvalue weighted by molar-refractivity contribution is 6.30. The van der Waals surface area contributed by atoms with Crippen molar-refractivity contribution in [2.24, 2.45) is 11.1 Å². The van der Waals surface area contributed by atoms with Gasteiger partial charge >= 0.3 is 0 Å². The molecule has 0 aliphatic heterocycles. The SMILES string of the molecule is CCOC1CC(N)(C(=O)NCC2(c3ccc(Cl)cc3)CC2)C1(C)C. The molecule has 1 aromatic rings. The number of hydrogen-bond acceptors (Lipinski definition) is 3. The Kier molecular flexibility index (Phi) is 4.44. The molecule has 5 heteroatoms. The van der Waals surface area contributed by atoms with Gasteiger partial charge in [0, 0.05) is 35.4 Å². The summed E-state index contributed by atoms with van der Waals surface area (Å²) in [5.74, 6) is -0.0660. The zero-order valence-electron chi connectivity index (χ0n) is 14.7. The molecule has 3 N–H and O–H groups in total. The molecule has 2 aliphatic rings. The van der Waals surface area contributed by atoms with Crippen LogP contribution in [0.15, 0.2) is 24.3 Å². The van der Waals surface area contributed by atoms with Crippen LogP contribution in [0.5, 0.6) is 0 Å². The third-order valence-corrected chi connectivity index (χ3v) is 6.38. The molecular formula is C19H27ClN2O2. The number of ether oxygens (including phenoxy) is 1. The molecule has 24 heavy (non-hydrogen) atoms. The normalized spacial score (nSPS) is 29.6. The van der Waals surface area contributed by atoms with Gasteiger partial charge in [0.25, 0.3) is 0 Å². The number of rotatable bonds is 6. The molecule has 0 saturated heterocycles. The van der Waals surface area contributed by atoms with E-state index in [0.29, 0.717) is 19.6 Å². The minimum Gasteiger partial charge on any atom is -0.378 e. The lowest BCUT2D eigenvalue weighted by atomic mass is 9.54. The van der Waals surface area contributed by atoms with Crippen LogP contribution in [0.2, 0.25) is 5.02 Å². The number of carbonyl (C=O) groups excluding carboxylic acids is 1. The molecule has 4 nitrogen and oxygen atoms in total. The Labute approximate surface area is 149 Å². The van der Waals surface area contributed by atoms with E-state index < -0.39 is 5.54 Å². The Morgan fingerprint density at radius 3 is 2.46 bits per heavy atom. The van der Waals surface area contributed by atoms with Crippen molar-refractivity contribution in [3.05, 3.63) is 34.9 Å². The minimum absolute atomic E-state index is 0.0455. The van der Waals surface area contributed by atoms with Gasteiger partial charge in [0.2, 0.25) is 5.91 Å². The van der Waals surface area contributed by atoms with Crippen LogP contribution in [-0.2, 0) is 14.9 Å². The van der Waals surface area contributed by atoms with Gasteiger partial charge in [0.15, 0.2) is 0 Å². The Morgan fingerprint density at radius 1 is 1.33 bits per heavy atom. The van der Waals surface area contributed by atoms with Crippen LogP contribution < -0.4 is 11.1 Å². The number of benzene rings is 1. The maximum Gasteiger partial charge on any atom is 0.240 e. The first-order valence-electron chi connectivity index (χ1n) is 8.70. The van der Waals surface area contributed by atoms with Gasteiger partial charge in [-0.2, -0.15) is 0 Å². The number of nitrogens with two attached hydrogens (primary N) is 1. The topological polar surface area (TPSA) is 64.3 Å². The van der Waals surface area contributed by atoms with Gasteiger partial charge in [-0.1, -0.05) is 37.6 Å². The van der Waals surface area contributed by atoms with E-state index in [2.05, 4.69) is 17.4 Å². The van der Waals surface area contributed by atoms with E-state index in [1.165, 1.54) is 5.56 Å². The Hall–Kier alpha value is -1.10. The van der Waals surface area contributed by atoms with Gasteiger partial charge in [0.1, 0.15) is 5.54 Å². The summed E-state index contributed by atoms with van der Waals surface area (Å²) in [6.07, 6.45) is 2.78. The van der Waals surface area contributed by atoms with E-state index in [0.717, 1.165) is 17.9 Å². The average Bonchev–Trinajstić information content (AvgIpc) is 3.34. The van der Waals surface area contributed by atoms with E-state index in [1.807, 2.05) is 32.9 Å². The number of amides is 1. The third-order valence-electron chi connectivity index (χ3n) is 6.13. The van der Waals surface area contributed by atoms with Crippen molar-refractivity contribution in [2.75, 3.05) is 13.2 Å². The molecule has 2 aliphatic carbocycles. The summed E-state index contributed by atoms with van der Waals surface area (Å²) >= 11 is 5.97. The van der Waals surface area contributed by atoms with Crippen molar-refractivity contribution in [1.29, 1.82) is 0 Å². The molecule has 0 spiro atoms. The Balaban J connectivity index is 1.63. The smallest absolute Gasteiger partial charge is 0.240 e. The number of halogens is 1. The molecule has 1 amide bonds. The summed E-state index contributed by atoms with van der Waals surface area (Å²) in [7, 11) is 0. The minimum atomic E-state index is -0.858. The van der Waals surface area contributed by atoms with Crippen LogP contribution >= 0.6 is 11.6 Å². The van der Waals surface area contributed by atoms with Crippen molar-refractivity contribution in [2.45, 2.75) is 57.1 Å².